The van der Waals surface area contributed by atoms with E-state index in [4.69, 9.17) is 14.7 Å². The Bertz CT molecular complexity index is 1080. The number of hydrogen-bond donors (Lipinski definition) is 0. The molecule has 2 aromatic heterocycles. The van der Waals surface area contributed by atoms with Crippen LogP contribution in [0.5, 0.6) is 5.75 Å². The van der Waals surface area contributed by atoms with Gasteiger partial charge in [0.15, 0.2) is 6.10 Å². The minimum atomic E-state index is -0.846. The van der Waals surface area contributed by atoms with Crippen molar-refractivity contribution in [2.45, 2.75) is 26.6 Å². The fourth-order valence-corrected chi connectivity index (χ4v) is 2.56. The summed E-state index contributed by atoms with van der Waals surface area (Å²) in [4.78, 5) is 28.7. The number of esters is 1. The molecule has 0 saturated heterocycles. The number of carbonyl (C=O) groups excluding carboxylic acids is 1. The lowest BCUT2D eigenvalue weighted by atomic mass is 10.2. The molecule has 0 aliphatic rings. The Kier molecular flexibility index (Phi) is 5.18. The van der Waals surface area contributed by atoms with Gasteiger partial charge in [0.1, 0.15) is 18.0 Å². The van der Waals surface area contributed by atoms with Crippen molar-refractivity contribution in [1.29, 1.82) is 5.26 Å². The van der Waals surface area contributed by atoms with Crippen LogP contribution in [0.25, 0.3) is 5.65 Å². The zero-order chi connectivity index (χ0) is 19.4. The lowest BCUT2D eigenvalue weighted by molar-refractivity contribution is -0.152. The van der Waals surface area contributed by atoms with Gasteiger partial charge in [0.05, 0.1) is 17.3 Å². The number of pyridine rings is 1. The second kappa shape index (κ2) is 7.70. The molecule has 3 rings (SSSR count). The van der Waals surface area contributed by atoms with Gasteiger partial charge >= 0.3 is 5.97 Å². The number of benzene rings is 1. The number of aryl methyl sites for hydroxylation is 1. The second-order valence-corrected chi connectivity index (χ2v) is 5.95. The van der Waals surface area contributed by atoms with Gasteiger partial charge in [-0.15, -0.1) is 0 Å². The lowest BCUT2D eigenvalue weighted by Gasteiger charge is -2.14. The number of carbonyl (C=O) groups is 1. The van der Waals surface area contributed by atoms with Crippen LogP contribution in [0.4, 0.5) is 0 Å². The molecule has 0 spiro atoms. The summed E-state index contributed by atoms with van der Waals surface area (Å²) in [5.74, 6) is -0.124. The van der Waals surface area contributed by atoms with E-state index in [0.717, 1.165) is 5.69 Å². The molecule has 1 atom stereocenters. The van der Waals surface area contributed by atoms with Gasteiger partial charge in [-0.1, -0.05) is 6.07 Å². The average molecular weight is 363 g/mol. The quantitative estimate of drug-likeness (QED) is 0.646. The van der Waals surface area contributed by atoms with E-state index in [1.807, 2.05) is 19.1 Å². The number of hydrogen-bond acceptors (Lipinski definition) is 6. The molecule has 0 radical (unpaired) electrons. The molecule has 0 aliphatic carbocycles. The van der Waals surface area contributed by atoms with Crippen LogP contribution < -0.4 is 10.3 Å². The summed E-state index contributed by atoms with van der Waals surface area (Å²) in [6.07, 6.45) is -0.846. The van der Waals surface area contributed by atoms with Crippen molar-refractivity contribution >= 4 is 11.6 Å². The third-order valence-corrected chi connectivity index (χ3v) is 3.92. The molecule has 0 bridgehead atoms. The molecule has 0 amide bonds. The van der Waals surface area contributed by atoms with Crippen molar-refractivity contribution in [1.82, 2.24) is 9.38 Å². The highest BCUT2D eigenvalue weighted by molar-refractivity contribution is 5.74. The first kappa shape index (κ1) is 18.1. The van der Waals surface area contributed by atoms with Gasteiger partial charge in [0.25, 0.3) is 5.56 Å². The highest BCUT2D eigenvalue weighted by atomic mass is 16.6. The minimum Gasteiger partial charge on any atom is -0.479 e. The summed E-state index contributed by atoms with van der Waals surface area (Å²) in [5.41, 5.74) is 1.91. The summed E-state index contributed by atoms with van der Waals surface area (Å²) in [6, 6.07) is 15.1. The molecule has 2 heterocycles. The zero-order valence-corrected chi connectivity index (χ0v) is 14.9. The molecule has 3 aromatic rings. The fraction of sp³-hybridized carbons (Fsp3) is 0.200. The molecule has 7 nitrogen and oxygen atoms in total. The number of rotatable bonds is 5. The van der Waals surface area contributed by atoms with Crippen molar-refractivity contribution in [3.63, 3.8) is 0 Å². The third-order valence-electron chi connectivity index (χ3n) is 3.92. The minimum absolute atomic E-state index is 0.125. The van der Waals surface area contributed by atoms with E-state index in [2.05, 4.69) is 4.98 Å². The van der Waals surface area contributed by atoms with E-state index in [1.165, 1.54) is 10.5 Å². The molecule has 136 valence electrons. The first-order valence-corrected chi connectivity index (χ1v) is 8.29. The number of fused-ring (bicyclic) bond motifs is 1. The molecule has 1 aromatic carbocycles. The topological polar surface area (TPSA) is 93.7 Å². The SMILES string of the molecule is Cc1cccc2nc(COC(=O)[C@H](C)Oc3ccc(C#N)cc3)cc(=O)n12. The monoisotopic (exact) mass is 363 g/mol. The van der Waals surface area contributed by atoms with Gasteiger partial charge in [-0.2, -0.15) is 5.26 Å². The molecule has 0 saturated carbocycles. The maximum absolute atomic E-state index is 12.2. The Balaban J connectivity index is 1.65. The molecular weight excluding hydrogens is 346 g/mol. The van der Waals surface area contributed by atoms with Crippen LogP contribution >= 0.6 is 0 Å². The summed E-state index contributed by atoms with van der Waals surface area (Å²) in [5, 5.41) is 8.78. The Morgan fingerprint density at radius 1 is 1.26 bits per heavy atom. The van der Waals surface area contributed by atoms with Gasteiger partial charge in [0.2, 0.25) is 0 Å². The van der Waals surface area contributed by atoms with Crippen LogP contribution in [0.1, 0.15) is 23.9 Å². The normalized spacial score (nSPS) is 11.6. The summed E-state index contributed by atoms with van der Waals surface area (Å²) < 4.78 is 12.2. The van der Waals surface area contributed by atoms with E-state index < -0.39 is 12.1 Å². The van der Waals surface area contributed by atoms with Crippen LogP contribution in [0, 0.1) is 18.3 Å². The molecule has 0 N–H and O–H groups in total. The highest BCUT2D eigenvalue weighted by Gasteiger charge is 2.17. The van der Waals surface area contributed by atoms with Crippen molar-refractivity contribution in [3.8, 4) is 11.8 Å². The predicted octanol–water partition coefficient (Wildman–Crippen LogP) is 2.39. The van der Waals surface area contributed by atoms with Crippen LogP contribution in [-0.4, -0.2) is 21.5 Å². The Morgan fingerprint density at radius 3 is 2.70 bits per heavy atom. The van der Waals surface area contributed by atoms with E-state index in [-0.39, 0.29) is 12.2 Å². The molecule has 7 heteroatoms. The third kappa shape index (κ3) is 4.12. The maximum atomic E-state index is 12.2. The summed E-state index contributed by atoms with van der Waals surface area (Å²) in [6.45, 7) is 3.25. The summed E-state index contributed by atoms with van der Waals surface area (Å²) >= 11 is 0. The van der Waals surface area contributed by atoms with Crippen LogP contribution in [0.2, 0.25) is 0 Å². The van der Waals surface area contributed by atoms with Crippen molar-refractivity contribution in [2.24, 2.45) is 0 Å². The smallest absolute Gasteiger partial charge is 0.347 e. The Morgan fingerprint density at radius 2 is 2.00 bits per heavy atom. The largest absolute Gasteiger partial charge is 0.479 e. The van der Waals surface area contributed by atoms with Gasteiger partial charge in [-0.05, 0) is 50.2 Å². The maximum Gasteiger partial charge on any atom is 0.347 e. The van der Waals surface area contributed by atoms with Gasteiger partial charge in [0, 0.05) is 11.8 Å². The van der Waals surface area contributed by atoms with E-state index in [1.54, 1.807) is 43.3 Å². The van der Waals surface area contributed by atoms with Gasteiger partial charge in [-0.25, -0.2) is 9.78 Å². The van der Waals surface area contributed by atoms with Gasteiger partial charge < -0.3 is 9.47 Å². The number of ether oxygens (including phenoxy) is 2. The van der Waals surface area contributed by atoms with E-state index in [9.17, 15) is 9.59 Å². The standard InChI is InChI=1S/C20H17N3O4/c1-13-4-3-5-18-22-16(10-19(24)23(13)18)12-26-20(25)14(2)27-17-8-6-15(11-21)7-9-17/h3-10,14H,12H2,1-2H3/t14-/m0/s1. The first-order chi connectivity index (χ1) is 13.0. The first-order valence-electron chi connectivity index (χ1n) is 8.29. The van der Waals surface area contributed by atoms with Gasteiger partial charge in [-0.3, -0.25) is 9.20 Å². The van der Waals surface area contributed by atoms with Crippen LogP contribution in [0.3, 0.4) is 0 Å². The molecule has 27 heavy (non-hydrogen) atoms. The second-order valence-electron chi connectivity index (χ2n) is 5.95. The van der Waals surface area contributed by atoms with E-state index >= 15 is 0 Å². The van der Waals surface area contributed by atoms with E-state index in [0.29, 0.717) is 22.7 Å². The number of nitrogens with zero attached hydrogens (tertiary/aromatic N) is 3. The molecular formula is C20H17N3O4. The lowest BCUT2D eigenvalue weighted by Crippen LogP contribution is -2.26. The molecule has 0 unspecified atom stereocenters. The Hall–Kier alpha value is -3.66. The number of aromatic nitrogens is 2. The average Bonchev–Trinajstić information content (AvgIpc) is 2.66. The molecule has 0 fully saturated rings. The van der Waals surface area contributed by atoms with Crippen LogP contribution in [0.15, 0.2) is 53.3 Å². The summed E-state index contributed by atoms with van der Waals surface area (Å²) in [7, 11) is 0. The van der Waals surface area contributed by atoms with Crippen LogP contribution in [-0.2, 0) is 16.1 Å². The fourth-order valence-electron chi connectivity index (χ4n) is 2.56. The van der Waals surface area contributed by atoms with Crippen molar-refractivity contribution in [3.05, 3.63) is 75.8 Å². The van der Waals surface area contributed by atoms with Crippen molar-refractivity contribution < 1.29 is 14.3 Å². The van der Waals surface area contributed by atoms with Crippen molar-refractivity contribution in [2.75, 3.05) is 0 Å². The Labute approximate surface area is 155 Å². The number of nitriles is 1. The predicted molar refractivity (Wildman–Crippen MR) is 97.2 cm³/mol. The zero-order valence-electron chi connectivity index (χ0n) is 14.9. The highest BCUT2D eigenvalue weighted by Crippen LogP contribution is 2.14. The molecule has 0 aliphatic heterocycles.